The zero-order valence-corrected chi connectivity index (χ0v) is 14.1. The zero-order valence-electron chi connectivity index (χ0n) is 12.6. The summed E-state index contributed by atoms with van der Waals surface area (Å²) in [7, 11) is 0. The summed E-state index contributed by atoms with van der Waals surface area (Å²) in [6.07, 6.45) is 0. The van der Waals surface area contributed by atoms with Gasteiger partial charge >= 0.3 is 0 Å². The highest BCUT2D eigenvalue weighted by Crippen LogP contribution is 2.20. The Morgan fingerprint density at radius 1 is 1.20 bits per heavy atom. The van der Waals surface area contributed by atoms with Crippen LogP contribution in [0, 0.1) is 5.92 Å². The second-order valence-electron chi connectivity index (χ2n) is 5.92. The molecule has 1 saturated heterocycles. The largest absolute Gasteiger partial charge is 0.311 e. The van der Waals surface area contributed by atoms with Crippen LogP contribution in [0.1, 0.15) is 18.7 Å². The van der Waals surface area contributed by atoms with E-state index in [9.17, 15) is 0 Å². The van der Waals surface area contributed by atoms with Gasteiger partial charge in [-0.2, -0.15) is 0 Å². The molecule has 1 aromatic heterocycles. The molecule has 114 valence electrons. The molecule has 1 aromatic rings. The number of hydrogen-bond donors (Lipinski definition) is 1. The lowest BCUT2D eigenvalue weighted by molar-refractivity contribution is 0.123. The minimum atomic E-state index is 0.779. The summed E-state index contributed by atoms with van der Waals surface area (Å²) in [5, 5.41) is 3.50. The van der Waals surface area contributed by atoms with E-state index in [0.717, 1.165) is 29.9 Å². The number of hydrogen-bond acceptors (Lipinski definition) is 4. The molecular formula is C15H26ClN3S. The van der Waals surface area contributed by atoms with Crippen LogP contribution < -0.4 is 5.32 Å². The molecule has 0 aromatic carbocycles. The molecule has 0 amide bonds. The maximum Gasteiger partial charge on any atom is 0.0931 e. The summed E-state index contributed by atoms with van der Waals surface area (Å²) in [4.78, 5) is 6.46. The van der Waals surface area contributed by atoms with Gasteiger partial charge in [-0.05, 0) is 18.1 Å². The van der Waals surface area contributed by atoms with Crippen molar-refractivity contribution in [3.8, 4) is 0 Å². The van der Waals surface area contributed by atoms with E-state index in [1.54, 1.807) is 11.3 Å². The van der Waals surface area contributed by atoms with Gasteiger partial charge in [-0.3, -0.25) is 4.90 Å². The number of nitrogens with one attached hydrogen (secondary N) is 1. The van der Waals surface area contributed by atoms with E-state index in [-0.39, 0.29) is 0 Å². The number of thiophene rings is 1. The normalized spacial score (nSPS) is 18.0. The Morgan fingerprint density at radius 2 is 1.90 bits per heavy atom. The third-order valence-corrected chi connectivity index (χ3v) is 4.85. The van der Waals surface area contributed by atoms with Gasteiger partial charge in [0.05, 0.1) is 4.34 Å². The van der Waals surface area contributed by atoms with E-state index in [1.165, 1.54) is 37.6 Å². The average Bonchev–Trinajstić information content (AvgIpc) is 2.82. The van der Waals surface area contributed by atoms with Gasteiger partial charge in [-0.25, -0.2) is 0 Å². The van der Waals surface area contributed by atoms with Crippen LogP contribution in [0.4, 0.5) is 0 Å². The molecule has 20 heavy (non-hydrogen) atoms. The van der Waals surface area contributed by atoms with Crippen molar-refractivity contribution >= 4 is 22.9 Å². The molecule has 1 N–H and O–H groups in total. The monoisotopic (exact) mass is 315 g/mol. The summed E-state index contributed by atoms with van der Waals surface area (Å²) >= 11 is 7.58. The summed E-state index contributed by atoms with van der Waals surface area (Å²) in [5.74, 6) is 0.779. The minimum absolute atomic E-state index is 0.779. The van der Waals surface area contributed by atoms with Gasteiger partial charge in [0.25, 0.3) is 0 Å². The molecule has 0 radical (unpaired) electrons. The Kier molecular flexibility index (Phi) is 6.78. The van der Waals surface area contributed by atoms with Crippen molar-refractivity contribution in [2.45, 2.75) is 20.4 Å². The highest BCUT2D eigenvalue weighted by atomic mass is 35.5. The average molecular weight is 316 g/mol. The van der Waals surface area contributed by atoms with Crippen LogP contribution in [0.25, 0.3) is 0 Å². The number of piperazine rings is 1. The highest BCUT2D eigenvalue weighted by molar-refractivity contribution is 7.16. The molecule has 5 heteroatoms. The topological polar surface area (TPSA) is 18.5 Å². The van der Waals surface area contributed by atoms with E-state index in [0.29, 0.717) is 0 Å². The van der Waals surface area contributed by atoms with Gasteiger partial charge in [0, 0.05) is 57.2 Å². The number of halogens is 1. The molecule has 1 fully saturated rings. The smallest absolute Gasteiger partial charge is 0.0931 e. The molecule has 2 heterocycles. The first-order valence-corrected chi connectivity index (χ1v) is 8.72. The standard InChI is InChI=1S/C15H26ClN3S/c1-13(2)12-19-9-7-18(8-10-19)6-5-17-11-14-3-4-15(16)20-14/h3-4,13,17H,5-12H2,1-2H3. The van der Waals surface area contributed by atoms with Crippen molar-refractivity contribution in [1.82, 2.24) is 15.1 Å². The van der Waals surface area contributed by atoms with Gasteiger partial charge in [0.2, 0.25) is 0 Å². The van der Waals surface area contributed by atoms with Gasteiger partial charge in [0.15, 0.2) is 0 Å². The lowest BCUT2D eigenvalue weighted by Gasteiger charge is -2.35. The predicted octanol–water partition coefficient (Wildman–Crippen LogP) is 2.76. The molecule has 0 atom stereocenters. The predicted molar refractivity (Wildman–Crippen MR) is 88.8 cm³/mol. The first-order chi connectivity index (χ1) is 9.63. The Hall–Kier alpha value is -0.130. The maximum atomic E-state index is 5.92. The van der Waals surface area contributed by atoms with Crippen molar-refractivity contribution in [1.29, 1.82) is 0 Å². The highest BCUT2D eigenvalue weighted by Gasteiger charge is 2.16. The number of nitrogens with zero attached hydrogens (tertiary/aromatic N) is 2. The van der Waals surface area contributed by atoms with Crippen LogP contribution in [0.2, 0.25) is 4.34 Å². The van der Waals surface area contributed by atoms with E-state index in [1.807, 2.05) is 6.07 Å². The zero-order chi connectivity index (χ0) is 14.4. The van der Waals surface area contributed by atoms with Gasteiger partial charge in [0.1, 0.15) is 0 Å². The fourth-order valence-electron chi connectivity index (χ4n) is 2.61. The van der Waals surface area contributed by atoms with Crippen LogP contribution in [0.5, 0.6) is 0 Å². The van der Waals surface area contributed by atoms with Crippen molar-refractivity contribution < 1.29 is 0 Å². The first kappa shape index (κ1) is 16.2. The third-order valence-electron chi connectivity index (χ3n) is 3.62. The van der Waals surface area contributed by atoms with E-state index >= 15 is 0 Å². The molecule has 0 saturated carbocycles. The molecule has 2 rings (SSSR count). The molecule has 0 unspecified atom stereocenters. The SMILES string of the molecule is CC(C)CN1CCN(CCNCc2ccc(Cl)s2)CC1. The van der Waals surface area contributed by atoms with Crippen molar-refractivity contribution in [3.63, 3.8) is 0 Å². The van der Waals surface area contributed by atoms with Crippen molar-refractivity contribution in [3.05, 3.63) is 21.3 Å². The van der Waals surface area contributed by atoms with Gasteiger partial charge in [-0.1, -0.05) is 25.4 Å². The van der Waals surface area contributed by atoms with Crippen LogP contribution in [-0.4, -0.2) is 55.6 Å². The summed E-state index contributed by atoms with van der Waals surface area (Å²) in [5.41, 5.74) is 0. The van der Waals surface area contributed by atoms with Crippen LogP contribution >= 0.6 is 22.9 Å². The molecule has 1 aliphatic heterocycles. The summed E-state index contributed by atoms with van der Waals surface area (Å²) in [6, 6.07) is 4.07. The summed E-state index contributed by atoms with van der Waals surface area (Å²) < 4.78 is 0.878. The Balaban J connectivity index is 1.55. The Morgan fingerprint density at radius 3 is 2.50 bits per heavy atom. The van der Waals surface area contributed by atoms with Gasteiger partial charge < -0.3 is 10.2 Å². The fraction of sp³-hybridized carbons (Fsp3) is 0.733. The number of rotatable bonds is 7. The third kappa shape index (κ3) is 5.70. The maximum absolute atomic E-state index is 5.92. The second-order valence-corrected chi connectivity index (χ2v) is 7.72. The lowest BCUT2D eigenvalue weighted by Crippen LogP contribution is -2.48. The Labute approximate surface area is 131 Å². The second kappa shape index (κ2) is 8.35. The molecular weight excluding hydrogens is 290 g/mol. The van der Waals surface area contributed by atoms with E-state index in [2.05, 4.69) is 35.0 Å². The quantitative estimate of drug-likeness (QED) is 0.781. The lowest BCUT2D eigenvalue weighted by atomic mass is 10.2. The van der Waals surface area contributed by atoms with E-state index in [4.69, 9.17) is 11.6 Å². The molecule has 0 spiro atoms. The first-order valence-electron chi connectivity index (χ1n) is 7.53. The van der Waals surface area contributed by atoms with E-state index < -0.39 is 0 Å². The molecule has 1 aliphatic rings. The van der Waals surface area contributed by atoms with Gasteiger partial charge in [-0.15, -0.1) is 11.3 Å². The van der Waals surface area contributed by atoms with Crippen LogP contribution in [-0.2, 0) is 6.54 Å². The van der Waals surface area contributed by atoms with Crippen LogP contribution in [0.15, 0.2) is 12.1 Å². The Bertz CT molecular complexity index is 386. The fourth-order valence-corrected chi connectivity index (χ4v) is 3.66. The van der Waals surface area contributed by atoms with Crippen LogP contribution in [0.3, 0.4) is 0 Å². The molecule has 3 nitrogen and oxygen atoms in total. The molecule has 0 aliphatic carbocycles. The van der Waals surface area contributed by atoms with Crippen molar-refractivity contribution in [2.75, 3.05) is 45.8 Å². The summed E-state index contributed by atoms with van der Waals surface area (Å²) in [6.45, 7) is 13.8. The molecule has 0 bridgehead atoms. The van der Waals surface area contributed by atoms with Crippen molar-refractivity contribution in [2.24, 2.45) is 5.92 Å². The minimum Gasteiger partial charge on any atom is -0.311 e.